The van der Waals surface area contributed by atoms with Crippen LogP contribution in [-0.2, 0) is 16.2 Å². The van der Waals surface area contributed by atoms with Gasteiger partial charge >= 0.3 is 0 Å². The third-order valence-corrected chi connectivity index (χ3v) is 3.66. The fraction of sp³-hybridized carbons (Fsp3) is 0.158. The molecule has 2 rings (SSSR count). The topological polar surface area (TPSA) is 97.1 Å². The van der Waals surface area contributed by atoms with E-state index >= 15 is 0 Å². The Labute approximate surface area is 167 Å². The molecule has 28 heavy (non-hydrogen) atoms. The number of nitrogens with one attached hydrogen (secondary N) is 1. The molecular weight excluding hydrogens is 384 g/mol. The van der Waals surface area contributed by atoms with E-state index in [1.807, 2.05) is 0 Å². The maximum absolute atomic E-state index is 12.4. The van der Waals surface area contributed by atoms with Crippen molar-refractivity contribution in [2.45, 2.75) is 6.61 Å². The summed E-state index contributed by atoms with van der Waals surface area (Å²) in [5.74, 6) is -0.362. The Morgan fingerprint density at radius 2 is 1.86 bits per heavy atom. The van der Waals surface area contributed by atoms with Crippen molar-refractivity contribution in [1.82, 2.24) is 4.90 Å². The predicted octanol–water partition coefficient (Wildman–Crippen LogP) is 3.83. The molecule has 0 aromatic heterocycles. The summed E-state index contributed by atoms with van der Waals surface area (Å²) in [6.07, 6.45) is 2.90. The Hall–Kier alpha value is -3.39. The summed E-state index contributed by atoms with van der Waals surface area (Å²) in [4.78, 5) is 29.5. The summed E-state index contributed by atoms with van der Waals surface area (Å²) in [5, 5.41) is 17.8. The van der Waals surface area contributed by atoms with Gasteiger partial charge in [0.15, 0.2) is 0 Å². The van der Waals surface area contributed by atoms with Gasteiger partial charge in [0.25, 0.3) is 11.6 Å². The van der Waals surface area contributed by atoms with E-state index in [2.05, 4.69) is 10.5 Å². The van der Waals surface area contributed by atoms with E-state index in [1.165, 1.54) is 18.3 Å². The number of nitro benzene ring substituents is 1. The molecular formula is C19H19ClN4O4. The minimum absolute atomic E-state index is 0.00215. The lowest BCUT2D eigenvalue weighted by Gasteiger charge is -2.09. The van der Waals surface area contributed by atoms with Crippen molar-refractivity contribution >= 4 is 35.1 Å². The largest absolute Gasteiger partial charge is 0.391 e. The summed E-state index contributed by atoms with van der Waals surface area (Å²) in [5.41, 5.74) is 1.59. The Morgan fingerprint density at radius 1 is 1.21 bits per heavy atom. The van der Waals surface area contributed by atoms with Crippen LogP contribution in [0.1, 0.15) is 5.56 Å². The van der Waals surface area contributed by atoms with Crippen LogP contribution in [0.4, 0.5) is 11.4 Å². The zero-order valence-corrected chi connectivity index (χ0v) is 16.1. The van der Waals surface area contributed by atoms with E-state index in [-0.39, 0.29) is 23.8 Å². The number of nitro groups is 1. The number of carbonyl (C=O) groups excluding carboxylic acids is 1. The first-order valence-corrected chi connectivity index (χ1v) is 8.57. The molecule has 0 radical (unpaired) electrons. The number of oxime groups is 1. The van der Waals surface area contributed by atoms with Crippen LogP contribution in [0.25, 0.3) is 0 Å². The van der Waals surface area contributed by atoms with Crippen molar-refractivity contribution < 1.29 is 14.6 Å². The molecule has 0 spiro atoms. The van der Waals surface area contributed by atoms with E-state index in [9.17, 15) is 14.9 Å². The zero-order chi connectivity index (χ0) is 20.5. The van der Waals surface area contributed by atoms with Gasteiger partial charge in [0.05, 0.1) is 16.7 Å². The van der Waals surface area contributed by atoms with Crippen LogP contribution in [0.2, 0.25) is 5.02 Å². The standard InChI is InChI=1S/C19H19ClN4O4/c1-23(2)12-15(19(25)22-17-7-5-16(20)6-8-17)11-21-28-13-14-3-9-18(10-4-14)24(26)27/h3-12H,13H2,1-2H3,(H,22,25)/b15-12-,21-11+. The van der Waals surface area contributed by atoms with Gasteiger partial charge < -0.3 is 15.1 Å². The molecule has 0 bridgehead atoms. The highest BCUT2D eigenvalue weighted by Crippen LogP contribution is 2.14. The lowest BCUT2D eigenvalue weighted by Crippen LogP contribution is -2.18. The number of hydrogen-bond acceptors (Lipinski definition) is 6. The molecule has 146 valence electrons. The normalized spacial score (nSPS) is 11.3. The number of non-ortho nitro benzene ring substituents is 1. The van der Waals surface area contributed by atoms with Crippen LogP contribution in [0.5, 0.6) is 0 Å². The highest BCUT2D eigenvalue weighted by molar-refractivity contribution is 6.30. The van der Waals surface area contributed by atoms with E-state index in [4.69, 9.17) is 16.4 Å². The van der Waals surface area contributed by atoms with Crippen LogP contribution < -0.4 is 5.32 Å². The molecule has 1 amide bonds. The van der Waals surface area contributed by atoms with Gasteiger partial charge in [-0.25, -0.2) is 0 Å². The van der Waals surface area contributed by atoms with Crippen LogP contribution in [0.15, 0.2) is 65.5 Å². The quantitative estimate of drug-likeness (QED) is 0.313. The minimum Gasteiger partial charge on any atom is -0.391 e. The van der Waals surface area contributed by atoms with Gasteiger partial charge in [0.2, 0.25) is 0 Å². The third kappa shape index (κ3) is 6.73. The maximum atomic E-state index is 12.4. The summed E-state index contributed by atoms with van der Waals surface area (Å²) in [6, 6.07) is 12.7. The van der Waals surface area contributed by atoms with Crippen molar-refractivity contribution in [1.29, 1.82) is 0 Å². The molecule has 2 aromatic carbocycles. The second kappa shape index (κ2) is 10.1. The van der Waals surface area contributed by atoms with Crippen molar-refractivity contribution in [3.8, 4) is 0 Å². The zero-order valence-electron chi connectivity index (χ0n) is 15.3. The van der Waals surface area contributed by atoms with E-state index in [0.29, 0.717) is 16.3 Å². The Kier molecular flexibility index (Phi) is 7.53. The summed E-state index contributed by atoms with van der Waals surface area (Å²) >= 11 is 5.84. The number of halogens is 1. The first kappa shape index (κ1) is 20.9. The first-order valence-electron chi connectivity index (χ1n) is 8.19. The molecule has 0 saturated carbocycles. The SMILES string of the molecule is CN(C)/C=C(/C=N/OCc1ccc([N+](=O)[O-])cc1)C(=O)Nc1ccc(Cl)cc1. The third-order valence-electron chi connectivity index (χ3n) is 3.41. The van der Waals surface area contributed by atoms with Gasteiger partial charge in [-0.2, -0.15) is 0 Å². The number of rotatable bonds is 8. The highest BCUT2D eigenvalue weighted by Gasteiger charge is 2.09. The van der Waals surface area contributed by atoms with E-state index in [0.717, 1.165) is 0 Å². The second-order valence-electron chi connectivity index (χ2n) is 5.94. The molecule has 8 nitrogen and oxygen atoms in total. The van der Waals surface area contributed by atoms with Gasteiger partial charge in [0, 0.05) is 43.1 Å². The molecule has 0 heterocycles. The Balaban J connectivity index is 1.98. The summed E-state index contributed by atoms with van der Waals surface area (Å²) < 4.78 is 0. The smallest absolute Gasteiger partial charge is 0.269 e. The highest BCUT2D eigenvalue weighted by atomic mass is 35.5. The second-order valence-corrected chi connectivity index (χ2v) is 6.38. The Morgan fingerprint density at radius 3 is 2.43 bits per heavy atom. The molecule has 1 N–H and O–H groups in total. The van der Waals surface area contributed by atoms with Gasteiger partial charge in [-0.05, 0) is 42.0 Å². The monoisotopic (exact) mass is 402 g/mol. The van der Waals surface area contributed by atoms with Crippen molar-refractivity contribution in [3.63, 3.8) is 0 Å². The minimum atomic E-state index is -0.472. The molecule has 0 aliphatic carbocycles. The molecule has 0 saturated heterocycles. The van der Waals surface area contributed by atoms with Gasteiger partial charge in [-0.3, -0.25) is 14.9 Å². The number of anilines is 1. The summed E-state index contributed by atoms with van der Waals surface area (Å²) in [6.45, 7) is 0.114. The number of amides is 1. The molecule has 9 heteroatoms. The van der Waals surface area contributed by atoms with E-state index < -0.39 is 4.92 Å². The fourth-order valence-electron chi connectivity index (χ4n) is 2.08. The lowest BCUT2D eigenvalue weighted by molar-refractivity contribution is -0.384. The number of nitrogens with zero attached hydrogens (tertiary/aromatic N) is 3. The van der Waals surface area contributed by atoms with Crippen LogP contribution in [-0.4, -0.2) is 36.0 Å². The van der Waals surface area contributed by atoms with Crippen LogP contribution >= 0.6 is 11.6 Å². The molecule has 0 fully saturated rings. The number of benzene rings is 2. The summed E-state index contributed by atoms with van der Waals surface area (Å²) in [7, 11) is 3.56. The van der Waals surface area contributed by atoms with Crippen molar-refractivity contribution in [3.05, 3.63) is 81.0 Å². The predicted molar refractivity (Wildman–Crippen MR) is 108 cm³/mol. The van der Waals surface area contributed by atoms with Crippen LogP contribution in [0, 0.1) is 10.1 Å². The molecule has 0 unspecified atom stereocenters. The Bertz CT molecular complexity index is 878. The van der Waals surface area contributed by atoms with Gasteiger partial charge in [-0.15, -0.1) is 0 Å². The molecule has 0 atom stereocenters. The average molecular weight is 403 g/mol. The van der Waals surface area contributed by atoms with Gasteiger partial charge in [-0.1, -0.05) is 16.8 Å². The molecule has 0 aliphatic heterocycles. The van der Waals surface area contributed by atoms with Gasteiger partial charge in [0.1, 0.15) is 6.61 Å². The fourth-order valence-corrected chi connectivity index (χ4v) is 2.21. The van der Waals surface area contributed by atoms with Crippen LogP contribution in [0.3, 0.4) is 0 Å². The number of hydrogen-bond donors (Lipinski definition) is 1. The lowest BCUT2D eigenvalue weighted by atomic mass is 10.2. The van der Waals surface area contributed by atoms with Crippen molar-refractivity contribution in [2.24, 2.45) is 5.16 Å². The maximum Gasteiger partial charge on any atom is 0.269 e. The molecule has 0 aliphatic rings. The first-order chi connectivity index (χ1) is 13.3. The van der Waals surface area contributed by atoms with Crippen molar-refractivity contribution in [2.75, 3.05) is 19.4 Å². The molecule has 2 aromatic rings. The average Bonchev–Trinajstić information content (AvgIpc) is 2.66. The number of carbonyl (C=O) groups is 1. The van der Waals surface area contributed by atoms with E-state index in [1.54, 1.807) is 61.6 Å².